The minimum Gasteiger partial charge on any atom is -0.480 e. The molecule has 0 saturated carbocycles. The molecule has 2 N–H and O–H groups in total. The van der Waals surface area contributed by atoms with Gasteiger partial charge in [0.1, 0.15) is 0 Å². The molecule has 22 heavy (non-hydrogen) atoms. The predicted octanol–water partition coefficient (Wildman–Crippen LogP) is 3.04. The number of aryl methyl sites for hydroxylation is 2. The fraction of sp³-hybridized carbons (Fsp3) is 0.267. The monoisotopic (exact) mass is 335 g/mol. The van der Waals surface area contributed by atoms with Crippen LogP contribution in [0.25, 0.3) is 0 Å². The lowest BCUT2D eigenvalue weighted by Crippen LogP contribution is -2.45. The quantitative estimate of drug-likeness (QED) is 0.599. The molecule has 1 heterocycles. The molecule has 5 nitrogen and oxygen atoms in total. The van der Waals surface area contributed by atoms with Gasteiger partial charge in [-0.15, -0.1) is 11.3 Å². The van der Waals surface area contributed by atoms with Crippen molar-refractivity contribution in [1.29, 1.82) is 0 Å². The number of anilines is 1. The van der Waals surface area contributed by atoms with Crippen molar-refractivity contribution in [2.75, 3.05) is 5.43 Å². The Morgan fingerprint density at radius 2 is 2.14 bits per heavy atom. The van der Waals surface area contributed by atoms with Crippen molar-refractivity contribution in [3.05, 3.63) is 46.5 Å². The molecule has 0 aliphatic rings. The Bertz CT molecular complexity index is 639. The zero-order valence-electron chi connectivity index (χ0n) is 12.3. The molecule has 0 unspecified atom stereocenters. The molecule has 1 aromatic heterocycles. The Kier molecular flexibility index (Phi) is 5.46. The van der Waals surface area contributed by atoms with Gasteiger partial charge in [0.15, 0.2) is 6.04 Å². The van der Waals surface area contributed by atoms with E-state index in [0.717, 1.165) is 16.1 Å². The number of rotatable bonds is 7. The smallest absolute Gasteiger partial charge is 0.328 e. The molecule has 2 aromatic rings. The number of thiocarbonyl (C=S) groups is 1. The third kappa shape index (κ3) is 4.02. The van der Waals surface area contributed by atoms with Crippen molar-refractivity contribution in [3.8, 4) is 0 Å². The summed E-state index contributed by atoms with van der Waals surface area (Å²) < 4.78 is 0. The van der Waals surface area contributed by atoms with Crippen LogP contribution in [-0.4, -0.2) is 32.6 Å². The maximum absolute atomic E-state index is 11.6. The third-order valence-electron chi connectivity index (χ3n) is 3.26. The highest BCUT2D eigenvalue weighted by Gasteiger charge is 2.25. The summed E-state index contributed by atoms with van der Waals surface area (Å²) >= 11 is 6.45. The molecular weight excluding hydrogens is 318 g/mol. The fourth-order valence-electron chi connectivity index (χ4n) is 1.95. The lowest BCUT2D eigenvalue weighted by atomic mass is 10.1. The second-order valence-electron chi connectivity index (χ2n) is 4.83. The van der Waals surface area contributed by atoms with Crippen LogP contribution in [0.4, 0.5) is 5.13 Å². The number of hydrogen-bond acceptors (Lipinski definition) is 5. The van der Waals surface area contributed by atoms with Gasteiger partial charge in [0.2, 0.25) is 5.13 Å². The largest absolute Gasteiger partial charge is 0.480 e. The first-order valence-electron chi connectivity index (χ1n) is 6.72. The minimum atomic E-state index is -0.942. The van der Waals surface area contributed by atoms with Crippen LogP contribution in [0.3, 0.4) is 0 Å². The van der Waals surface area contributed by atoms with Gasteiger partial charge in [0.05, 0.1) is 11.2 Å². The van der Waals surface area contributed by atoms with E-state index in [-0.39, 0.29) is 0 Å². The Hall–Kier alpha value is -1.99. The van der Waals surface area contributed by atoms with Gasteiger partial charge in [-0.1, -0.05) is 42.5 Å². The fourth-order valence-corrected chi connectivity index (χ4v) is 2.97. The van der Waals surface area contributed by atoms with Crippen molar-refractivity contribution >= 4 is 40.1 Å². The molecule has 0 bridgehead atoms. The minimum absolute atomic E-state index is 0.347. The van der Waals surface area contributed by atoms with E-state index in [9.17, 15) is 9.90 Å². The standard InChI is InChI=1S/C15H17N3O2S2/c1-10-11(2)22-15(16-10)17-18(9-21)13(14(19)20)8-12-6-4-3-5-7-12/h3-7,9,13H,8H2,1-2H3,(H,16,17)(H,19,20)/t13-/m0/s1. The number of carboxylic acids is 1. The van der Waals surface area contributed by atoms with Gasteiger partial charge in [-0.05, 0) is 19.4 Å². The number of hydrogen-bond donors (Lipinski definition) is 2. The van der Waals surface area contributed by atoms with Crippen molar-refractivity contribution in [3.63, 3.8) is 0 Å². The zero-order valence-corrected chi connectivity index (χ0v) is 13.9. The first kappa shape index (κ1) is 16.4. The molecule has 0 aliphatic carbocycles. The van der Waals surface area contributed by atoms with Gasteiger partial charge in [0, 0.05) is 11.3 Å². The summed E-state index contributed by atoms with van der Waals surface area (Å²) in [6, 6.07) is 8.66. The van der Waals surface area contributed by atoms with Gasteiger partial charge in [-0.3, -0.25) is 10.4 Å². The number of thiazole rings is 1. The molecule has 116 valence electrons. The highest BCUT2D eigenvalue weighted by Crippen LogP contribution is 2.22. The van der Waals surface area contributed by atoms with Gasteiger partial charge in [-0.25, -0.2) is 9.78 Å². The molecule has 0 spiro atoms. The summed E-state index contributed by atoms with van der Waals surface area (Å²) in [5.74, 6) is -0.942. The number of benzene rings is 1. The van der Waals surface area contributed by atoms with E-state index in [1.165, 1.54) is 21.8 Å². The number of hydrazine groups is 1. The number of aliphatic carboxylic acids is 1. The Morgan fingerprint density at radius 1 is 1.45 bits per heavy atom. The van der Waals surface area contributed by atoms with E-state index >= 15 is 0 Å². The van der Waals surface area contributed by atoms with Gasteiger partial charge in [-0.2, -0.15) is 0 Å². The summed E-state index contributed by atoms with van der Waals surface area (Å²) in [6.07, 6.45) is 0.347. The maximum Gasteiger partial charge on any atom is 0.328 e. The van der Waals surface area contributed by atoms with E-state index in [1.807, 2.05) is 44.2 Å². The maximum atomic E-state index is 11.6. The molecule has 1 atom stereocenters. The van der Waals surface area contributed by atoms with E-state index < -0.39 is 12.0 Å². The Balaban J connectivity index is 2.17. The molecule has 1 aromatic carbocycles. The summed E-state index contributed by atoms with van der Waals surface area (Å²) in [5, 5.41) is 11.6. The van der Waals surface area contributed by atoms with Crippen molar-refractivity contribution < 1.29 is 9.90 Å². The third-order valence-corrected chi connectivity index (χ3v) is 4.46. The number of carbonyl (C=O) groups is 1. The molecule has 0 radical (unpaired) electrons. The average molecular weight is 335 g/mol. The van der Waals surface area contributed by atoms with E-state index in [1.54, 1.807) is 0 Å². The molecule has 0 aliphatic heterocycles. The summed E-state index contributed by atoms with van der Waals surface area (Å²) in [4.78, 5) is 17.0. The van der Waals surface area contributed by atoms with Gasteiger partial charge >= 0.3 is 5.97 Å². The van der Waals surface area contributed by atoms with Crippen LogP contribution in [0.1, 0.15) is 16.1 Å². The lowest BCUT2D eigenvalue weighted by molar-refractivity contribution is -0.141. The van der Waals surface area contributed by atoms with E-state index in [4.69, 9.17) is 12.2 Å². The number of nitrogens with zero attached hydrogens (tertiary/aromatic N) is 2. The number of nitrogens with one attached hydrogen (secondary N) is 1. The SMILES string of the molecule is Cc1nc(NN(C=S)[C@@H](Cc2ccccc2)C(=O)O)sc1C. The van der Waals surface area contributed by atoms with Crippen molar-refractivity contribution in [2.24, 2.45) is 0 Å². The normalized spacial score (nSPS) is 11.7. The zero-order chi connectivity index (χ0) is 16.1. The molecule has 2 rings (SSSR count). The summed E-state index contributed by atoms with van der Waals surface area (Å²) in [5.41, 5.74) is 6.16. The number of carboxylic acid groups (broad SMARTS) is 1. The first-order valence-corrected chi connectivity index (χ1v) is 8.01. The first-order chi connectivity index (χ1) is 10.5. The summed E-state index contributed by atoms with van der Waals surface area (Å²) in [6.45, 7) is 3.88. The van der Waals surface area contributed by atoms with Crippen LogP contribution < -0.4 is 5.43 Å². The average Bonchev–Trinajstić information content (AvgIpc) is 2.82. The Morgan fingerprint density at radius 3 is 2.64 bits per heavy atom. The van der Waals surface area contributed by atoms with Gasteiger partial charge < -0.3 is 5.11 Å². The van der Waals surface area contributed by atoms with Crippen molar-refractivity contribution in [2.45, 2.75) is 26.3 Å². The van der Waals surface area contributed by atoms with E-state index in [0.29, 0.717) is 11.6 Å². The topological polar surface area (TPSA) is 65.5 Å². The van der Waals surface area contributed by atoms with Crippen LogP contribution in [0.5, 0.6) is 0 Å². The van der Waals surface area contributed by atoms with Crippen molar-refractivity contribution in [1.82, 2.24) is 9.99 Å². The van der Waals surface area contributed by atoms with Crippen LogP contribution in [-0.2, 0) is 11.2 Å². The van der Waals surface area contributed by atoms with Crippen LogP contribution >= 0.6 is 23.6 Å². The van der Waals surface area contributed by atoms with Crippen LogP contribution in [0, 0.1) is 13.8 Å². The number of aromatic nitrogens is 1. The molecule has 7 heteroatoms. The molecule has 0 saturated heterocycles. The van der Waals surface area contributed by atoms with Crippen LogP contribution in [0.2, 0.25) is 0 Å². The highest BCUT2D eigenvalue weighted by molar-refractivity contribution is 7.78. The lowest BCUT2D eigenvalue weighted by Gasteiger charge is -2.26. The predicted molar refractivity (Wildman–Crippen MR) is 92.3 cm³/mol. The second-order valence-corrected chi connectivity index (χ2v) is 6.24. The second kappa shape index (κ2) is 7.33. The van der Waals surface area contributed by atoms with E-state index in [2.05, 4.69) is 10.4 Å². The molecular formula is C15H17N3O2S2. The summed E-state index contributed by atoms with van der Waals surface area (Å²) in [7, 11) is 0. The molecule has 0 fully saturated rings. The Labute approximate surface area is 138 Å². The highest BCUT2D eigenvalue weighted by atomic mass is 32.1. The molecule has 0 amide bonds. The van der Waals surface area contributed by atoms with Gasteiger partial charge in [0.25, 0.3) is 0 Å². The van der Waals surface area contributed by atoms with Crippen LogP contribution in [0.15, 0.2) is 30.3 Å².